The molecule has 1 aromatic heterocycles. The number of hydrogen-bond donors (Lipinski definition) is 0. The summed E-state index contributed by atoms with van der Waals surface area (Å²) in [5.41, 5.74) is 20.5. The molecule has 0 saturated carbocycles. The predicted molar refractivity (Wildman–Crippen MR) is 259 cm³/mol. The molecular formula is C57H51BN2. The summed E-state index contributed by atoms with van der Waals surface area (Å²) < 4.78 is 2.69. The highest BCUT2D eigenvalue weighted by molar-refractivity contribution is 6.94. The van der Waals surface area contributed by atoms with Crippen molar-refractivity contribution >= 4 is 72.5 Å². The molecule has 2 aliphatic heterocycles. The highest BCUT2D eigenvalue weighted by Gasteiger charge is 2.47. The van der Waals surface area contributed by atoms with Crippen LogP contribution in [0.1, 0.15) is 88.5 Å². The van der Waals surface area contributed by atoms with Crippen LogP contribution in [-0.4, -0.2) is 11.4 Å². The molecule has 0 bridgehead atoms. The van der Waals surface area contributed by atoms with E-state index in [0.717, 1.165) is 12.8 Å². The summed E-state index contributed by atoms with van der Waals surface area (Å²) in [6, 6.07) is 54.6. The van der Waals surface area contributed by atoms with Crippen LogP contribution in [-0.2, 0) is 18.3 Å². The second kappa shape index (κ2) is 13.5. The van der Waals surface area contributed by atoms with Crippen LogP contribution in [0.2, 0.25) is 0 Å². The second-order valence-corrected chi connectivity index (χ2v) is 18.4. The Morgan fingerprint density at radius 1 is 0.517 bits per heavy atom. The molecule has 0 fully saturated rings. The molecule has 2 nitrogen and oxygen atoms in total. The van der Waals surface area contributed by atoms with Crippen LogP contribution in [0.25, 0.3) is 71.3 Å². The lowest BCUT2D eigenvalue weighted by molar-refractivity contribution is 0.660. The van der Waals surface area contributed by atoms with Crippen molar-refractivity contribution in [1.29, 1.82) is 0 Å². The maximum Gasteiger partial charge on any atom is 0.333 e. The molecule has 0 spiro atoms. The molecule has 3 heterocycles. The van der Waals surface area contributed by atoms with Crippen molar-refractivity contribution < 1.29 is 0 Å². The van der Waals surface area contributed by atoms with E-state index in [4.69, 9.17) is 0 Å². The van der Waals surface area contributed by atoms with E-state index < -0.39 is 0 Å². The average Bonchev–Trinajstić information content (AvgIpc) is 3.75. The topological polar surface area (TPSA) is 8.17 Å². The van der Waals surface area contributed by atoms with E-state index >= 15 is 0 Å². The number of anilines is 2. The lowest BCUT2D eigenvalue weighted by atomic mass is 9.43. The molecule has 60 heavy (non-hydrogen) atoms. The van der Waals surface area contributed by atoms with Crippen LogP contribution in [0.4, 0.5) is 11.4 Å². The van der Waals surface area contributed by atoms with E-state index in [1.807, 2.05) is 0 Å². The lowest BCUT2D eigenvalue weighted by Crippen LogP contribution is -2.60. The summed E-state index contributed by atoms with van der Waals surface area (Å²) in [6.07, 6.45) is 9.65. The van der Waals surface area contributed by atoms with Crippen LogP contribution in [0.5, 0.6) is 0 Å². The molecule has 12 rings (SSSR count). The normalized spacial score (nSPS) is 14.3. The zero-order chi connectivity index (χ0) is 40.3. The number of hydrogen-bond acceptors (Lipinski definition) is 1. The first-order valence-corrected chi connectivity index (χ1v) is 22.7. The van der Waals surface area contributed by atoms with Gasteiger partial charge in [0.05, 0.1) is 11.0 Å². The van der Waals surface area contributed by atoms with Crippen molar-refractivity contribution in [2.24, 2.45) is 0 Å². The molecule has 1 aliphatic carbocycles. The Hall–Kier alpha value is -6.06. The van der Waals surface area contributed by atoms with Crippen LogP contribution in [0, 0.1) is 0 Å². The summed E-state index contributed by atoms with van der Waals surface area (Å²) in [7, 11) is 0. The van der Waals surface area contributed by atoms with E-state index in [1.165, 1.54) is 154 Å². The molecule has 292 valence electrons. The van der Waals surface area contributed by atoms with Gasteiger partial charge in [-0.3, -0.25) is 0 Å². The standard InChI is InChI=1S/C57H51BN2/c1-5-7-9-17-36-25-29-39(30-26-36)60-51-35-45-41-21-15-16-24-47(41)57(3,4)48(45)34-46(51)52-42-22-13-14-23-43(42)53-44-31-28-38-19-11-12-20-40(38)55(44)59-50-32-27-37(18-10-8-6-2)33-49(50)58(60)54(52)56(53)59/h11-16,19-35H,5-10,17-18H2,1-4H3. The fourth-order valence-electron chi connectivity index (χ4n) is 11.7. The number of rotatable bonds is 9. The summed E-state index contributed by atoms with van der Waals surface area (Å²) in [5, 5.41) is 7.98. The van der Waals surface area contributed by atoms with Crippen LogP contribution < -0.4 is 15.7 Å². The largest absolute Gasteiger partial charge is 0.376 e. The van der Waals surface area contributed by atoms with Gasteiger partial charge in [0.25, 0.3) is 0 Å². The number of aryl methyl sites for hydroxylation is 2. The fraction of sp³-hybridized carbons (Fsp3) is 0.228. The molecule has 0 radical (unpaired) electrons. The van der Waals surface area contributed by atoms with Crippen molar-refractivity contribution in [1.82, 2.24) is 4.57 Å². The third kappa shape index (κ3) is 4.96. The Bertz CT molecular complexity index is 3220. The molecule has 0 amide bonds. The third-order valence-electron chi connectivity index (χ3n) is 14.6. The zero-order valence-electron chi connectivity index (χ0n) is 35.4. The maximum atomic E-state index is 2.75. The summed E-state index contributed by atoms with van der Waals surface area (Å²) in [6.45, 7) is 9.44. The van der Waals surface area contributed by atoms with Gasteiger partial charge < -0.3 is 9.38 Å². The molecule has 0 atom stereocenters. The number of benzene rings is 8. The van der Waals surface area contributed by atoms with Crippen molar-refractivity contribution in [3.63, 3.8) is 0 Å². The SMILES string of the molecule is CCCCCc1ccc(N2B3c4cc(CCCCC)ccc4-n4c5c3c(c3ccccc3c5c3ccc5ccccc5c34)-c3cc4c(cc32)-c2ccccc2C4(C)C)cc1. The molecular weight excluding hydrogens is 723 g/mol. The minimum Gasteiger partial charge on any atom is -0.376 e. The highest BCUT2D eigenvalue weighted by atomic mass is 15.1. The van der Waals surface area contributed by atoms with Crippen LogP contribution >= 0.6 is 0 Å². The lowest BCUT2D eigenvalue weighted by Gasteiger charge is -2.43. The smallest absolute Gasteiger partial charge is 0.333 e. The Balaban J connectivity index is 1.25. The molecule has 0 N–H and O–H groups in total. The van der Waals surface area contributed by atoms with Crippen molar-refractivity contribution in [3.8, 4) is 27.9 Å². The van der Waals surface area contributed by atoms with Crippen LogP contribution in [0.15, 0.2) is 140 Å². The van der Waals surface area contributed by atoms with E-state index in [1.54, 1.807) is 0 Å². The monoisotopic (exact) mass is 774 g/mol. The fourth-order valence-corrected chi connectivity index (χ4v) is 11.7. The molecule has 9 aromatic rings. The average molecular weight is 775 g/mol. The molecule has 8 aromatic carbocycles. The van der Waals surface area contributed by atoms with Gasteiger partial charge in [-0.05, 0) is 122 Å². The van der Waals surface area contributed by atoms with Gasteiger partial charge in [0.15, 0.2) is 0 Å². The second-order valence-electron chi connectivity index (χ2n) is 18.4. The minimum absolute atomic E-state index is 0.0162. The zero-order valence-corrected chi connectivity index (χ0v) is 35.4. The Labute approximate surface area is 354 Å². The van der Waals surface area contributed by atoms with E-state index in [2.05, 4.69) is 177 Å². The van der Waals surface area contributed by atoms with Crippen molar-refractivity contribution in [2.75, 3.05) is 4.81 Å². The highest BCUT2D eigenvalue weighted by Crippen LogP contribution is 2.55. The van der Waals surface area contributed by atoms with E-state index in [0.29, 0.717) is 0 Å². The Morgan fingerprint density at radius 3 is 2.02 bits per heavy atom. The van der Waals surface area contributed by atoms with Crippen molar-refractivity contribution in [2.45, 2.75) is 84.5 Å². The first-order chi connectivity index (χ1) is 29.5. The molecule has 3 heteroatoms. The first kappa shape index (κ1) is 35.9. The number of aromatic nitrogens is 1. The number of fused-ring (bicyclic) bond motifs is 16. The van der Waals surface area contributed by atoms with Gasteiger partial charge >= 0.3 is 6.85 Å². The minimum atomic E-state index is -0.117. The van der Waals surface area contributed by atoms with Gasteiger partial charge in [-0.1, -0.05) is 163 Å². The van der Waals surface area contributed by atoms with Gasteiger partial charge in [0, 0.05) is 44.2 Å². The molecule has 0 unspecified atom stereocenters. The maximum absolute atomic E-state index is 2.75. The van der Waals surface area contributed by atoms with E-state index in [-0.39, 0.29) is 12.3 Å². The van der Waals surface area contributed by atoms with Gasteiger partial charge in [0.1, 0.15) is 0 Å². The number of unbranched alkanes of at least 4 members (excludes halogenated alkanes) is 4. The number of nitrogens with zero attached hydrogens (tertiary/aromatic N) is 2. The van der Waals surface area contributed by atoms with Gasteiger partial charge in [-0.15, -0.1) is 0 Å². The van der Waals surface area contributed by atoms with Crippen molar-refractivity contribution in [3.05, 3.63) is 162 Å². The Kier molecular flexibility index (Phi) is 8.05. The third-order valence-corrected chi connectivity index (χ3v) is 14.6. The van der Waals surface area contributed by atoms with Crippen LogP contribution in [0.3, 0.4) is 0 Å². The van der Waals surface area contributed by atoms with Gasteiger partial charge in [-0.25, -0.2) is 0 Å². The quantitative estimate of drug-likeness (QED) is 0.105. The predicted octanol–water partition coefficient (Wildman–Crippen LogP) is 14.1. The first-order valence-electron chi connectivity index (χ1n) is 22.7. The van der Waals surface area contributed by atoms with Gasteiger partial charge in [-0.2, -0.15) is 0 Å². The van der Waals surface area contributed by atoms with E-state index in [9.17, 15) is 0 Å². The summed E-state index contributed by atoms with van der Waals surface area (Å²) in [5.74, 6) is 0. The Morgan fingerprint density at radius 2 is 1.22 bits per heavy atom. The molecule has 3 aliphatic rings. The van der Waals surface area contributed by atoms with Gasteiger partial charge in [0.2, 0.25) is 0 Å². The summed E-state index contributed by atoms with van der Waals surface area (Å²) >= 11 is 0. The summed E-state index contributed by atoms with van der Waals surface area (Å²) in [4.78, 5) is 2.75. The molecule has 0 saturated heterocycles.